The summed E-state index contributed by atoms with van der Waals surface area (Å²) >= 11 is 3.37. The van der Waals surface area contributed by atoms with Crippen LogP contribution in [0.25, 0.3) is 16.8 Å². The molecule has 3 aromatic rings. The number of benzene rings is 3. The maximum atomic E-state index is 12.8. The monoisotopic (exact) mass is 464 g/mol. The molecule has 0 aliphatic carbocycles. The Morgan fingerprint density at radius 1 is 1.10 bits per heavy atom. The van der Waals surface area contributed by atoms with Crippen LogP contribution in [-0.2, 0) is 4.79 Å². The quantitative estimate of drug-likeness (QED) is 0.346. The molecule has 0 spiro atoms. The van der Waals surface area contributed by atoms with Crippen molar-refractivity contribution in [2.75, 3.05) is 18.5 Å². The SMILES string of the molecule is CCOc1ccc2ccc(OCC)c(/C=C(/C#N)C(=O)Nc3cccc(Br)c3)c2c1. The first kappa shape index (κ1) is 21.4. The van der Waals surface area contributed by atoms with Crippen LogP contribution in [0.2, 0.25) is 0 Å². The van der Waals surface area contributed by atoms with E-state index in [-0.39, 0.29) is 5.57 Å². The molecular weight excluding hydrogens is 444 g/mol. The van der Waals surface area contributed by atoms with E-state index in [9.17, 15) is 10.1 Å². The first-order valence-electron chi connectivity index (χ1n) is 9.56. The van der Waals surface area contributed by atoms with Gasteiger partial charge >= 0.3 is 0 Å². The van der Waals surface area contributed by atoms with E-state index in [4.69, 9.17) is 9.47 Å². The molecule has 0 aromatic heterocycles. The highest BCUT2D eigenvalue weighted by atomic mass is 79.9. The number of hydrogen-bond donors (Lipinski definition) is 1. The average molecular weight is 465 g/mol. The third kappa shape index (κ3) is 5.00. The number of halogens is 1. The largest absolute Gasteiger partial charge is 0.494 e. The Labute approximate surface area is 184 Å². The summed E-state index contributed by atoms with van der Waals surface area (Å²) in [5.41, 5.74) is 1.24. The van der Waals surface area contributed by atoms with Gasteiger partial charge in [0.1, 0.15) is 23.1 Å². The van der Waals surface area contributed by atoms with Crippen molar-refractivity contribution in [1.29, 1.82) is 5.26 Å². The second-order valence-electron chi connectivity index (χ2n) is 6.36. The summed E-state index contributed by atoms with van der Waals surface area (Å²) in [5.74, 6) is 0.822. The molecule has 3 rings (SSSR count). The molecule has 0 radical (unpaired) electrons. The highest BCUT2D eigenvalue weighted by Gasteiger charge is 2.14. The topological polar surface area (TPSA) is 71.3 Å². The van der Waals surface area contributed by atoms with Gasteiger partial charge in [-0.25, -0.2) is 0 Å². The van der Waals surface area contributed by atoms with E-state index < -0.39 is 5.91 Å². The van der Waals surface area contributed by atoms with Crippen molar-refractivity contribution in [2.45, 2.75) is 13.8 Å². The molecule has 0 heterocycles. The molecule has 3 aromatic carbocycles. The highest BCUT2D eigenvalue weighted by molar-refractivity contribution is 9.10. The van der Waals surface area contributed by atoms with Gasteiger partial charge in [-0.2, -0.15) is 5.26 Å². The summed E-state index contributed by atoms with van der Waals surface area (Å²) in [5, 5.41) is 14.2. The van der Waals surface area contributed by atoms with Gasteiger partial charge in [0.2, 0.25) is 0 Å². The number of amides is 1. The molecule has 0 unspecified atom stereocenters. The number of carbonyl (C=O) groups excluding carboxylic acids is 1. The fourth-order valence-corrected chi connectivity index (χ4v) is 3.45. The number of nitriles is 1. The van der Waals surface area contributed by atoms with Crippen molar-refractivity contribution >= 4 is 44.4 Å². The molecular formula is C24H21BrN2O3. The molecule has 0 saturated carbocycles. The third-order valence-corrected chi connectivity index (χ3v) is 4.83. The molecule has 0 aliphatic heterocycles. The van der Waals surface area contributed by atoms with Crippen LogP contribution in [0.3, 0.4) is 0 Å². The highest BCUT2D eigenvalue weighted by Crippen LogP contribution is 2.33. The van der Waals surface area contributed by atoms with Gasteiger partial charge in [-0.1, -0.05) is 34.1 Å². The van der Waals surface area contributed by atoms with Crippen molar-refractivity contribution in [1.82, 2.24) is 0 Å². The minimum Gasteiger partial charge on any atom is -0.494 e. The van der Waals surface area contributed by atoms with Gasteiger partial charge in [0, 0.05) is 15.7 Å². The van der Waals surface area contributed by atoms with Crippen LogP contribution < -0.4 is 14.8 Å². The number of fused-ring (bicyclic) bond motifs is 1. The first-order chi connectivity index (χ1) is 14.5. The number of ether oxygens (including phenoxy) is 2. The van der Waals surface area contributed by atoms with E-state index in [1.54, 1.807) is 18.2 Å². The van der Waals surface area contributed by atoms with Gasteiger partial charge in [0.25, 0.3) is 5.91 Å². The number of nitrogens with zero attached hydrogens (tertiary/aromatic N) is 1. The van der Waals surface area contributed by atoms with E-state index in [0.717, 1.165) is 15.2 Å². The first-order valence-corrected chi connectivity index (χ1v) is 10.4. The second kappa shape index (κ2) is 9.95. The molecule has 6 heteroatoms. The zero-order chi connectivity index (χ0) is 21.5. The number of rotatable bonds is 7. The van der Waals surface area contributed by atoms with Gasteiger partial charge in [-0.05, 0) is 67.1 Å². The molecule has 30 heavy (non-hydrogen) atoms. The minimum atomic E-state index is -0.490. The Kier molecular flexibility index (Phi) is 7.10. The normalized spacial score (nSPS) is 11.1. The molecule has 1 amide bonds. The summed E-state index contributed by atoms with van der Waals surface area (Å²) in [4.78, 5) is 12.8. The second-order valence-corrected chi connectivity index (χ2v) is 7.28. The standard InChI is InChI=1S/C24H21BrN2O3/c1-3-29-20-10-8-16-9-11-23(30-4-2)22(21(16)14-20)12-17(15-26)24(28)27-19-7-5-6-18(25)13-19/h5-14H,3-4H2,1-2H3,(H,27,28)/b17-12-. The predicted octanol–water partition coefficient (Wildman–Crippen LogP) is 5.95. The van der Waals surface area contributed by atoms with Crippen LogP contribution >= 0.6 is 15.9 Å². The van der Waals surface area contributed by atoms with Gasteiger partial charge in [0.15, 0.2) is 0 Å². The van der Waals surface area contributed by atoms with Crippen LogP contribution in [0.4, 0.5) is 5.69 Å². The van der Waals surface area contributed by atoms with Crippen LogP contribution in [0.15, 0.2) is 64.6 Å². The van der Waals surface area contributed by atoms with Crippen molar-refractivity contribution in [2.24, 2.45) is 0 Å². The number of nitrogens with one attached hydrogen (secondary N) is 1. The third-order valence-electron chi connectivity index (χ3n) is 4.34. The molecule has 152 valence electrons. The average Bonchev–Trinajstić information content (AvgIpc) is 2.73. The van der Waals surface area contributed by atoms with E-state index in [2.05, 4.69) is 21.2 Å². The van der Waals surface area contributed by atoms with Crippen LogP contribution in [-0.4, -0.2) is 19.1 Å². The minimum absolute atomic E-state index is 0.0229. The lowest BCUT2D eigenvalue weighted by Gasteiger charge is -2.13. The van der Waals surface area contributed by atoms with Crippen molar-refractivity contribution < 1.29 is 14.3 Å². The number of anilines is 1. The Hall–Kier alpha value is -3.30. The molecule has 0 fully saturated rings. The van der Waals surface area contributed by atoms with E-state index in [1.807, 2.05) is 62.4 Å². The van der Waals surface area contributed by atoms with Crippen LogP contribution in [0.1, 0.15) is 19.4 Å². The van der Waals surface area contributed by atoms with E-state index >= 15 is 0 Å². The Bertz CT molecular complexity index is 1140. The fourth-order valence-electron chi connectivity index (χ4n) is 3.05. The maximum Gasteiger partial charge on any atom is 0.266 e. The summed E-state index contributed by atoms with van der Waals surface area (Å²) < 4.78 is 12.2. The molecule has 0 bridgehead atoms. The van der Waals surface area contributed by atoms with Gasteiger partial charge in [-0.15, -0.1) is 0 Å². The zero-order valence-electron chi connectivity index (χ0n) is 16.7. The van der Waals surface area contributed by atoms with Crippen molar-refractivity contribution in [3.05, 3.63) is 70.2 Å². The molecule has 0 aliphatic rings. The molecule has 5 nitrogen and oxygen atoms in total. The van der Waals surface area contributed by atoms with Crippen molar-refractivity contribution in [3.8, 4) is 17.6 Å². The van der Waals surface area contributed by atoms with Gasteiger partial charge in [0.05, 0.1) is 13.2 Å². The number of hydrogen-bond acceptors (Lipinski definition) is 4. The lowest BCUT2D eigenvalue weighted by atomic mass is 10.0. The number of carbonyl (C=O) groups is 1. The van der Waals surface area contributed by atoms with Crippen LogP contribution in [0, 0.1) is 11.3 Å². The molecule has 1 N–H and O–H groups in total. The Balaban J connectivity index is 2.08. The summed E-state index contributed by atoms with van der Waals surface area (Å²) in [6.07, 6.45) is 1.57. The van der Waals surface area contributed by atoms with E-state index in [1.165, 1.54) is 0 Å². The summed E-state index contributed by atoms with van der Waals surface area (Å²) in [6, 6.07) is 18.7. The van der Waals surface area contributed by atoms with E-state index in [0.29, 0.717) is 36.0 Å². The smallest absolute Gasteiger partial charge is 0.266 e. The van der Waals surface area contributed by atoms with Gasteiger partial charge < -0.3 is 14.8 Å². The van der Waals surface area contributed by atoms with Crippen LogP contribution in [0.5, 0.6) is 11.5 Å². The summed E-state index contributed by atoms with van der Waals surface area (Å²) in [7, 11) is 0. The summed E-state index contributed by atoms with van der Waals surface area (Å²) in [6.45, 7) is 4.81. The Morgan fingerprint density at radius 2 is 1.87 bits per heavy atom. The molecule has 0 atom stereocenters. The molecule has 0 saturated heterocycles. The fraction of sp³-hybridized carbons (Fsp3) is 0.167. The predicted molar refractivity (Wildman–Crippen MR) is 123 cm³/mol. The maximum absolute atomic E-state index is 12.8. The Morgan fingerprint density at radius 3 is 2.57 bits per heavy atom. The lowest BCUT2D eigenvalue weighted by molar-refractivity contribution is -0.112. The van der Waals surface area contributed by atoms with Gasteiger partial charge in [-0.3, -0.25) is 4.79 Å². The zero-order valence-corrected chi connectivity index (χ0v) is 18.3. The van der Waals surface area contributed by atoms with Crippen molar-refractivity contribution in [3.63, 3.8) is 0 Å². The lowest BCUT2D eigenvalue weighted by Crippen LogP contribution is -2.13.